The highest BCUT2D eigenvalue weighted by Gasteiger charge is 2.33. The molecule has 0 bridgehead atoms. The zero-order valence-corrected chi connectivity index (χ0v) is 20.2. The SMILES string of the molecule is CC(C(=O)C(=N)C(C)C(=Nc1ccc(Cl)cc1Cl)c1ccc(Cl)s1)C(=O)N1CCCC1. The first-order valence-electron chi connectivity index (χ1n) is 9.89. The summed E-state index contributed by atoms with van der Waals surface area (Å²) < 4.78 is 0.563. The van der Waals surface area contributed by atoms with E-state index in [1.54, 1.807) is 49.1 Å². The largest absolute Gasteiger partial charge is 0.342 e. The first-order chi connectivity index (χ1) is 14.7. The minimum Gasteiger partial charge on any atom is -0.342 e. The Bertz CT molecular complexity index is 1040. The summed E-state index contributed by atoms with van der Waals surface area (Å²) in [5.41, 5.74) is 0.785. The van der Waals surface area contributed by atoms with Crippen LogP contribution in [0.1, 0.15) is 31.6 Å². The molecule has 164 valence electrons. The van der Waals surface area contributed by atoms with E-state index < -0.39 is 17.6 Å². The summed E-state index contributed by atoms with van der Waals surface area (Å²) >= 11 is 19.7. The smallest absolute Gasteiger partial charge is 0.233 e. The molecule has 1 aliphatic heterocycles. The number of thiophene rings is 1. The number of benzene rings is 1. The fourth-order valence-electron chi connectivity index (χ4n) is 3.43. The van der Waals surface area contributed by atoms with Crippen molar-refractivity contribution in [2.45, 2.75) is 26.7 Å². The summed E-state index contributed by atoms with van der Waals surface area (Å²) in [6.07, 6.45) is 1.89. The van der Waals surface area contributed by atoms with Gasteiger partial charge in [0.25, 0.3) is 0 Å². The standard InChI is InChI=1S/C22H22Cl3N3O2S/c1-12(19(26)21(29)13(2)22(30)28-9-3-4-10-28)20(17-7-8-18(25)31-17)27-16-6-5-14(23)11-15(16)24/h5-8,11-13,26H,3-4,9-10H2,1-2H3. The molecule has 31 heavy (non-hydrogen) atoms. The Labute approximate surface area is 200 Å². The van der Waals surface area contributed by atoms with Crippen molar-refractivity contribution >= 4 is 74.9 Å². The Hall–Kier alpha value is -1.73. The van der Waals surface area contributed by atoms with E-state index in [0.717, 1.165) is 17.7 Å². The van der Waals surface area contributed by atoms with Crippen LogP contribution < -0.4 is 0 Å². The second-order valence-corrected chi connectivity index (χ2v) is 10.0. The van der Waals surface area contributed by atoms with Crippen LogP contribution in [0.3, 0.4) is 0 Å². The number of hydrogen-bond acceptors (Lipinski definition) is 5. The lowest BCUT2D eigenvalue weighted by Gasteiger charge is -2.21. The third kappa shape index (κ3) is 5.55. The molecule has 1 amide bonds. The van der Waals surface area contributed by atoms with E-state index in [0.29, 0.717) is 38.9 Å². The van der Waals surface area contributed by atoms with Gasteiger partial charge in [-0.15, -0.1) is 11.3 Å². The third-order valence-electron chi connectivity index (χ3n) is 5.27. The lowest BCUT2D eigenvalue weighted by atomic mass is 9.89. The summed E-state index contributed by atoms with van der Waals surface area (Å²) in [5.74, 6) is -2.29. The van der Waals surface area contributed by atoms with Gasteiger partial charge < -0.3 is 10.3 Å². The van der Waals surface area contributed by atoms with Gasteiger partial charge in [-0.2, -0.15) is 0 Å². The molecule has 0 spiro atoms. The number of aliphatic imine (C=N–C) groups is 1. The van der Waals surface area contributed by atoms with E-state index in [4.69, 9.17) is 40.2 Å². The lowest BCUT2D eigenvalue weighted by molar-refractivity contribution is -0.137. The van der Waals surface area contributed by atoms with E-state index in [-0.39, 0.29) is 11.6 Å². The minimum absolute atomic E-state index is 0.173. The van der Waals surface area contributed by atoms with Gasteiger partial charge in [-0.05, 0) is 50.1 Å². The number of carbonyl (C=O) groups excluding carboxylic acids is 2. The molecule has 9 heteroatoms. The van der Waals surface area contributed by atoms with Crippen molar-refractivity contribution in [1.29, 1.82) is 5.41 Å². The number of nitrogens with zero attached hydrogens (tertiary/aromatic N) is 2. The van der Waals surface area contributed by atoms with Crippen LogP contribution in [0, 0.1) is 17.2 Å². The van der Waals surface area contributed by atoms with E-state index in [1.807, 2.05) is 0 Å². The molecule has 1 aliphatic rings. The van der Waals surface area contributed by atoms with Gasteiger partial charge in [-0.25, -0.2) is 4.99 Å². The van der Waals surface area contributed by atoms with Crippen LogP contribution in [-0.4, -0.2) is 41.1 Å². The third-order valence-corrected chi connectivity index (χ3v) is 7.06. The molecule has 0 radical (unpaired) electrons. The molecule has 1 fully saturated rings. The van der Waals surface area contributed by atoms with Crippen LogP contribution in [0.4, 0.5) is 5.69 Å². The van der Waals surface area contributed by atoms with Crippen LogP contribution in [0.25, 0.3) is 0 Å². The Morgan fingerprint density at radius 3 is 2.32 bits per heavy atom. The first kappa shape index (κ1) is 23.9. The second kappa shape index (κ2) is 10.3. The van der Waals surface area contributed by atoms with Gasteiger partial charge in [0.05, 0.1) is 37.3 Å². The number of rotatable bonds is 7. The molecule has 2 heterocycles. The van der Waals surface area contributed by atoms with Gasteiger partial charge in [0, 0.05) is 24.0 Å². The first-order valence-corrected chi connectivity index (χ1v) is 11.8. The molecule has 0 saturated carbocycles. The molecule has 1 saturated heterocycles. The van der Waals surface area contributed by atoms with E-state index in [2.05, 4.69) is 4.99 Å². The quantitative estimate of drug-likeness (QED) is 0.359. The minimum atomic E-state index is -0.902. The van der Waals surface area contributed by atoms with Crippen molar-refractivity contribution in [1.82, 2.24) is 4.90 Å². The molecule has 1 N–H and O–H groups in total. The molecule has 3 rings (SSSR count). The maximum absolute atomic E-state index is 13.0. The van der Waals surface area contributed by atoms with Gasteiger partial charge in [-0.3, -0.25) is 9.59 Å². The normalized spacial score (nSPS) is 16.3. The molecule has 2 unspecified atom stereocenters. The number of ketones is 1. The fourth-order valence-corrected chi connectivity index (χ4v) is 5.00. The lowest BCUT2D eigenvalue weighted by Crippen LogP contribution is -2.40. The molecule has 2 aromatic rings. The number of Topliss-reactive ketones (excluding diaryl/α,β-unsaturated/α-hetero) is 1. The topological polar surface area (TPSA) is 73.6 Å². The van der Waals surface area contributed by atoms with Crippen LogP contribution in [0.5, 0.6) is 0 Å². The van der Waals surface area contributed by atoms with Gasteiger partial charge in [0.2, 0.25) is 5.91 Å². The van der Waals surface area contributed by atoms with Crippen molar-refractivity contribution in [3.05, 3.63) is 49.6 Å². The number of halogens is 3. The van der Waals surface area contributed by atoms with Crippen LogP contribution in [-0.2, 0) is 9.59 Å². The van der Waals surface area contributed by atoms with Crippen LogP contribution in [0.15, 0.2) is 35.3 Å². The van der Waals surface area contributed by atoms with Gasteiger partial charge in [-0.1, -0.05) is 41.7 Å². The molecular formula is C22H22Cl3N3O2S. The molecular weight excluding hydrogens is 477 g/mol. The highest BCUT2D eigenvalue weighted by molar-refractivity contribution is 7.18. The zero-order chi connectivity index (χ0) is 22.7. The number of amides is 1. The number of likely N-dealkylation sites (tertiary alicyclic amines) is 1. The Morgan fingerprint density at radius 1 is 1.06 bits per heavy atom. The molecule has 0 aliphatic carbocycles. The van der Waals surface area contributed by atoms with Crippen molar-refractivity contribution in [2.75, 3.05) is 13.1 Å². The van der Waals surface area contributed by atoms with Crippen LogP contribution >= 0.6 is 46.1 Å². The summed E-state index contributed by atoms with van der Waals surface area (Å²) in [5, 5.41) is 9.39. The fraction of sp³-hybridized carbons (Fsp3) is 0.364. The predicted molar refractivity (Wildman–Crippen MR) is 129 cm³/mol. The number of hydrogen-bond donors (Lipinski definition) is 1. The van der Waals surface area contributed by atoms with Crippen molar-refractivity contribution in [3.8, 4) is 0 Å². The van der Waals surface area contributed by atoms with Crippen molar-refractivity contribution in [3.63, 3.8) is 0 Å². The highest BCUT2D eigenvalue weighted by Crippen LogP contribution is 2.32. The molecule has 2 atom stereocenters. The van der Waals surface area contributed by atoms with Gasteiger partial charge >= 0.3 is 0 Å². The maximum Gasteiger partial charge on any atom is 0.233 e. The molecule has 1 aromatic carbocycles. The van der Waals surface area contributed by atoms with Crippen molar-refractivity contribution < 1.29 is 9.59 Å². The summed E-state index contributed by atoms with van der Waals surface area (Å²) in [6.45, 7) is 4.62. The summed E-state index contributed by atoms with van der Waals surface area (Å²) in [7, 11) is 0. The summed E-state index contributed by atoms with van der Waals surface area (Å²) in [4.78, 5) is 32.7. The van der Waals surface area contributed by atoms with Crippen molar-refractivity contribution in [2.24, 2.45) is 16.8 Å². The Balaban J connectivity index is 1.91. The molecule has 1 aromatic heterocycles. The van der Waals surface area contributed by atoms with E-state index in [1.165, 1.54) is 11.3 Å². The van der Waals surface area contributed by atoms with Gasteiger partial charge in [0.15, 0.2) is 5.78 Å². The predicted octanol–water partition coefficient (Wildman–Crippen LogP) is 6.31. The zero-order valence-electron chi connectivity index (χ0n) is 17.1. The van der Waals surface area contributed by atoms with Gasteiger partial charge in [0.1, 0.15) is 0 Å². The average molecular weight is 499 g/mol. The second-order valence-electron chi connectivity index (χ2n) is 7.45. The molecule has 5 nitrogen and oxygen atoms in total. The number of nitrogens with one attached hydrogen (secondary N) is 1. The Morgan fingerprint density at radius 2 is 1.74 bits per heavy atom. The van der Waals surface area contributed by atoms with E-state index >= 15 is 0 Å². The monoisotopic (exact) mass is 497 g/mol. The Kier molecular flexibility index (Phi) is 7.92. The van der Waals surface area contributed by atoms with E-state index in [9.17, 15) is 9.59 Å². The summed E-state index contributed by atoms with van der Waals surface area (Å²) in [6, 6.07) is 8.46. The highest BCUT2D eigenvalue weighted by atomic mass is 35.5. The van der Waals surface area contributed by atoms with Crippen LogP contribution in [0.2, 0.25) is 14.4 Å². The average Bonchev–Trinajstić information content (AvgIpc) is 3.42. The number of carbonyl (C=O) groups is 2. The maximum atomic E-state index is 13.0.